The second-order valence-electron chi connectivity index (χ2n) is 4.94. The SMILES string of the molecule is CCN(c1c(C(=O)O)c(C)nn1C)C1CCCC1. The minimum atomic E-state index is -0.882. The molecule has 0 bridgehead atoms. The maximum absolute atomic E-state index is 11.4. The van der Waals surface area contributed by atoms with Gasteiger partial charge in [0.1, 0.15) is 11.4 Å². The lowest BCUT2D eigenvalue weighted by molar-refractivity contribution is 0.0696. The van der Waals surface area contributed by atoms with Gasteiger partial charge in [0.25, 0.3) is 0 Å². The van der Waals surface area contributed by atoms with Crippen LogP contribution >= 0.6 is 0 Å². The molecule has 1 heterocycles. The first-order valence-electron chi connectivity index (χ1n) is 6.59. The van der Waals surface area contributed by atoms with Crippen LogP contribution in [0.1, 0.15) is 48.7 Å². The molecule has 2 rings (SSSR count). The van der Waals surface area contributed by atoms with Crippen LogP contribution in [0.2, 0.25) is 0 Å². The van der Waals surface area contributed by atoms with Crippen LogP contribution < -0.4 is 4.90 Å². The van der Waals surface area contributed by atoms with E-state index in [4.69, 9.17) is 0 Å². The summed E-state index contributed by atoms with van der Waals surface area (Å²) >= 11 is 0. The molecule has 0 atom stereocenters. The molecule has 5 nitrogen and oxygen atoms in total. The number of hydrogen-bond acceptors (Lipinski definition) is 3. The van der Waals surface area contributed by atoms with Crippen LogP contribution in [-0.2, 0) is 7.05 Å². The molecular formula is C13H21N3O2. The Morgan fingerprint density at radius 2 is 2.11 bits per heavy atom. The van der Waals surface area contributed by atoms with Crippen molar-refractivity contribution in [2.75, 3.05) is 11.4 Å². The number of nitrogens with zero attached hydrogens (tertiary/aromatic N) is 3. The topological polar surface area (TPSA) is 58.4 Å². The molecule has 0 saturated heterocycles. The molecule has 0 amide bonds. The highest BCUT2D eigenvalue weighted by molar-refractivity contribution is 5.95. The minimum absolute atomic E-state index is 0.353. The molecule has 1 aliphatic carbocycles. The van der Waals surface area contributed by atoms with E-state index in [1.54, 1.807) is 11.6 Å². The van der Waals surface area contributed by atoms with Gasteiger partial charge in [-0.25, -0.2) is 4.79 Å². The van der Waals surface area contributed by atoms with Gasteiger partial charge in [-0.05, 0) is 26.7 Å². The molecule has 0 unspecified atom stereocenters. The van der Waals surface area contributed by atoms with Gasteiger partial charge in [-0.1, -0.05) is 12.8 Å². The van der Waals surface area contributed by atoms with Gasteiger partial charge >= 0.3 is 5.97 Å². The molecule has 0 aliphatic heterocycles. The van der Waals surface area contributed by atoms with Gasteiger partial charge in [-0.3, -0.25) is 4.68 Å². The van der Waals surface area contributed by atoms with Crippen LogP contribution in [0.25, 0.3) is 0 Å². The predicted molar refractivity (Wildman–Crippen MR) is 70.2 cm³/mol. The Hall–Kier alpha value is -1.52. The standard InChI is InChI=1S/C13H21N3O2/c1-4-16(10-7-5-6-8-10)12-11(13(17)18)9(2)14-15(12)3/h10H,4-8H2,1-3H3,(H,17,18). The summed E-state index contributed by atoms with van der Waals surface area (Å²) in [6.07, 6.45) is 4.77. The number of rotatable bonds is 4. The number of aryl methyl sites for hydroxylation is 2. The number of carboxylic acid groups (broad SMARTS) is 1. The molecule has 0 radical (unpaired) electrons. The largest absolute Gasteiger partial charge is 0.477 e. The second kappa shape index (κ2) is 5.00. The summed E-state index contributed by atoms with van der Waals surface area (Å²) in [5.74, 6) is -0.124. The maximum Gasteiger partial charge on any atom is 0.341 e. The van der Waals surface area contributed by atoms with Gasteiger partial charge in [-0.2, -0.15) is 5.10 Å². The lowest BCUT2D eigenvalue weighted by Gasteiger charge is -2.30. The predicted octanol–water partition coefficient (Wildman–Crippen LogP) is 2.20. The third-order valence-corrected chi connectivity index (χ3v) is 3.78. The molecular weight excluding hydrogens is 230 g/mol. The Balaban J connectivity index is 2.43. The van der Waals surface area contributed by atoms with Crippen LogP contribution in [-0.4, -0.2) is 33.4 Å². The molecule has 5 heteroatoms. The van der Waals surface area contributed by atoms with Gasteiger partial charge in [-0.15, -0.1) is 0 Å². The number of carbonyl (C=O) groups is 1. The number of aromatic carboxylic acids is 1. The number of anilines is 1. The first-order valence-corrected chi connectivity index (χ1v) is 6.59. The summed E-state index contributed by atoms with van der Waals surface area (Å²) in [7, 11) is 1.83. The number of hydrogen-bond donors (Lipinski definition) is 1. The molecule has 18 heavy (non-hydrogen) atoms. The molecule has 0 aromatic carbocycles. The van der Waals surface area contributed by atoms with E-state index in [0.717, 1.165) is 25.2 Å². The molecule has 100 valence electrons. The summed E-state index contributed by atoms with van der Waals surface area (Å²) in [4.78, 5) is 13.6. The minimum Gasteiger partial charge on any atom is -0.477 e. The van der Waals surface area contributed by atoms with Crippen molar-refractivity contribution in [3.8, 4) is 0 Å². The Bertz CT molecular complexity index is 447. The zero-order valence-corrected chi connectivity index (χ0v) is 11.3. The molecule has 1 N–H and O–H groups in total. The highest BCUT2D eigenvalue weighted by Gasteiger charge is 2.29. The van der Waals surface area contributed by atoms with Crippen LogP contribution in [0, 0.1) is 6.92 Å². The van der Waals surface area contributed by atoms with Crippen molar-refractivity contribution in [1.82, 2.24) is 9.78 Å². The molecule has 1 aliphatic rings. The van der Waals surface area contributed by atoms with Gasteiger partial charge in [0.2, 0.25) is 0 Å². The van der Waals surface area contributed by atoms with Crippen molar-refractivity contribution in [2.45, 2.75) is 45.6 Å². The van der Waals surface area contributed by atoms with E-state index in [9.17, 15) is 9.90 Å². The fraction of sp³-hybridized carbons (Fsp3) is 0.692. The van der Waals surface area contributed by atoms with E-state index >= 15 is 0 Å². The van der Waals surface area contributed by atoms with Crippen molar-refractivity contribution in [2.24, 2.45) is 7.05 Å². The normalized spacial score (nSPS) is 16.2. The smallest absolute Gasteiger partial charge is 0.341 e. The van der Waals surface area contributed by atoms with Crippen molar-refractivity contribution in [1.29, 1.82) is 0 Å². The molecule has 1 aromatic heterocycles. The van der Waals surface area contributed by atoms with Crippen molar-refractivity contribution < 1.29 is 9.90 Å². The Morgan fingerprint density at radius 3 is 2.61 bits per heavy atom. The molecule has 1 aromatic rings. The summed E-state index contributed by atoms with van der Waals surface area (Å²) in [6.45, 7) is 4.66. The Kier molecular flexibility index (Phi) is 3.59. The first kappa shape index (κ1) is 12.9. The van der Waals surface area contributed by atoms with Gasteiger partial charge < -0.3 is 10.0 Å². The Morgan fingerprint density at radius 1 is 1.50 bits per heavy atom. The van der Waals surface area contributed by atoms with Crippen LogP contribution in [0.4, 0.5) is 5.82 Å². The van der Waals surface area contributed by atoms with Crippen LogP contribution in [0.15, 0.2) is 0 Å². The monoisotopic (exact) mass is 251 g/mol. The van der Waals surface area contributed by atoms with Crippen molar-refractivity contribution in [3.05, 3.63) is 11.3 Å². The maximum atomic E-state index is 11.4. The van der Waals surface area contributed by atoms with Crippen LogP contribution in [0.3, 0.4) is 0 Å². The number of aromatic nitrogens is 2. The van der Waals surface area contributed by atoms with Crippen molar-refractivity contribution in [3.63, 3.8) is 0 Å². The zero-order chi connectivity index (χ0) is 13.3. The lowest BCUT2D eigenvalue weighted by Crippen LogP contribution is -2.35. The van der Waals surface area contributed by atoms with E-state index in [1.165, 1.54) is 12.8 Å². The first-order chi connectivity index (χ1) is 8.56. The van der Waals surface area contributed by atoms with E-state index in [2.05, 4.69) is 16.9 Å². The molecule has 0 spiro atoms. The molecule has 1 saturated carbocycles. The fourth-order valence-electron chi connectivity index (χ4n) is 3.02. The van der Waals surface area contributed by atoms with Gasteiger partial charge in [0.15, 0.2) is 0 Å². The zero-order valence-electron chi connectivity index (χ0n) is 11.3. The highest BCUT2D eigenvalue weighted by atomic mass is 16.4. The highest BCUT2D eigenvalue weighted by Crippen LogP contribution is 2.31. The van der Waals surface area contributed by atoms with E-state index in [-0.39, 0.29) is 0 Å². The van der Waals surface area contributed by atoms with E-state index in [1.807, 2.05) is 7.05 Å². The third-order valence-electron chi connectivity index (χ3n) is 3.78. The van der Waals surface area contributed by atoms with Crippen LogP contribution in [0.5, 0.6) is 0 Å². The summed E-state index contributed by atoms with van der Waals surface area (Å²) in [6, 6.07) is 0.461. The summed E-state index contributed by atoms with van der Waals surface area (Å²) in [5.41, 5.74) is 0.947. The average Bonchev–Trinajstić information content (AvgIpc) is 2.89. The third kappa shape index (κ3) is 2.09. The average molecular weight is 251 g/mol. The van der Waals surface area contributed by atoms with Gasteiger partial charge in [0.05, 0.1) is 5.69 Å². The Labute approximate surface area is 107 Å². The van der Waals surface area contributed by atoms with Gasteiger partial charge in [0, 0.05) is 19.6 Å². The lowest BCUT2D eigenvalue weighted by atomic mass is 10.1. The fourth-order valence-corrected chi connectivity index (χ4v) is 3.02. The quantitative estimate of drug-likeness (QED) is 0.891. The van der Waals surface area contributed by atoms with E-state index in [0.29, 0.717) is 17.3 Å². The summed E-state index contributed by atoms with van der Waals surface area (Å²) in [5, 5.41) is 13.6. The van der Waals surface area contributed by atoms with Crippen molar-refractivity contribution >= 4 is 11.8 Å². The molecule has 1 fully saturated rings. The number of carboxylic acids is 1. The van der Waals surface area contributed by atoms with E-state index < -0.39 is 5.97 Å². The second-order valence-corrected chi connectivity index (χ2v) is 4.94. The summed E-state index contributed by atoms with van der Waals surface area (Å²) < 4.78 is 1.71.